The van der Waals surface area contributed by atoms with Crippen LogP contribution in [0.15, 0.2) is 40.2 Å². The zero-order chi connectivity index (χ0) is 18.1. The minimum Gasteiger partial charge on any atom is -0.341 e. The molecule has 0 atom stereocenters. The van der Waals surface area contributed by atoms with Crippen LogP contribution in [0.4, 0.5) is 5.69 Å². The van der Waals surface area contributed by atoms with Gasteiger partial charge in [-0.1, -0.05) is 13.8 Å². The Morgan fingerprint density at radius 1 is 1.16 bits per heavy atom. The predicted octanol–water partition coefficient (Wildman–Crippen LogP) is 4.44. The van der Waals surface area contributed by atoms with E-state index in [2.05, 4.69) is 25.3 Å². The second-order valence-electron chi connectivity index (χ2n) is 7.07. The maximum Gasteiger partial charge on any atom is 0.294 e. The molecule has 1 aliphatic heterocycles. The normalized spacial score (nSPS) is 16.4. The second-order valence-corrected chi connectivity index (χ2v) is 8.50. The van der Waals surface area contributed by atoms with E-state index in [1.54, 1.807) is 12.1 Å². The van der Waals surface area contributed by atoms with Crippen LogP contribution >= 0.6 is 0 Å². The van der Waals surface area contributed by atoms with Gasteiger partial charge in [-0.05, 0) is 49.7 Å². The van der Waals surface area contributed by atoms with Gasteiger partial charge in [0.2, 0.25) is 0 Å². The van der Waals surface area contributed by atoms with Crippen LogP contribution in [0.1, 0.15) is 33.3 Å². The first kappa shape index (κ1) is 16.3. The van der Waals surface area contributed by atoms with Crippen molar-refractivity contribution in [1.82, 2.24) is 4.57 Å². The Bertz CT molecular complexity index is 1180. The third-order valence-electron chi connectivity index (χ3n) is 5.41. The summed E-state index contributed by atoms with van der Waals surface area (Å²) in [5.74, 6) is 0. The van der Waals surface area contributed by atoms with Gasteiger partial charge in [-0.3, -0.25) is 9.55 Å². The Hall–Kier alpha value is -2.18. The largest absolute Gasteiger partial charge is 0.341 e. The van der Waals surface area contributed by atoms with Crippen molar-refractivity contribution in [2.75, 3.05) is 0 Å². The number of fused-ring (bicyclic) bond motifs is 5. The average Bonchev–Trinajstić information content (AvgIpc) is 2.97. The summed E-state index contributed by atoms with van der Waals surface area (Å²) in [6, 6.07) is 8.87. The molecule has 0 fully saturated rings. The van der Waals surface area contributed by atoms with Gasteiger partial charge in [0.25, 0.3) is 10.1 Å². The second kappa shape index (κ2) is 4.93. The number of hydrogen-bond donors (Lipinski definition) is 1. The van der Waals surface area contributed by atoms with Gasteiger partial charge < -0.3 is 4.57 Å². The van der Waals surface area contributed by atoms with E-state index in [-0.39, 0.29) is 10.3 Å². The van der Waals surface area contributed by atoms with Gasteiger partial charge in [0.05, 0.1) is 10.6 Å². The summed E-state index contributed by atoms with van der Waals surface area (Å²) >= 11 is 0. The van der Waals surface area contributed by atoms with Crippen LogP contribution in [0, 0.1) is 0 Å². The van der Waals surface area contributed by atoms with Gasteiger partial charge in [0, 0.05) is 39.5 Å². The molecule has 0 amide bonds. The van der Waals surface area contributed by atoms with Crippen LogP contribution in [0.25, 0.3) is 21.8 Å². The summed E-state index contributed by atoms with van der Waals surface area (Å²) in [7, 11) is -4.25. The average molecular weight is 356 g/mol. The van der Waals surface area contributed by atoms with E-state index >= 15 is 0 Å². The highest BCUT2D eigenvalue weighted by molar-refractivity contribution is 7.85. The fourth-order valence-electron chi connectivity index (χ4n) is 3.89. The molecule has 6 heteroatoms. The lowest BCUT2D eigenvalue weighted by Crippen LogP contribution is -2.22. The molecule has 2 aromatic carbocycles. The van der Waals surface area contributed by atoms with E-state index in [4.69, 9.17) is 4.99 Å². The minimum atomic E-state index is -4.25. The Labute approximate surface area is 146 Å². The molecule has 4 rings (SSSR count). The number of aromatic nitrogens is 1. The summed E-state index contributed by atoms with van der Waals surface area (Å²) in [5.41, 5.74) is 4.88. The van der Waals surface area contributed by atoms with E-state index in [1.165, 1.54) is 6.07 Å². The molecule has 2 heterocycles. The third kappa shape index (κ3) is 2.10. The lowest BCUT2D eigenvalue weighted by molar-refractivity contribution is 0.483. The monoisotopic (exact) mass is 356 g/mol. The third-order valence-corrected chi connectivity index (χ3v) is 6.26. The fourth-order valence-corrected chi connectivity index (χ4v) is 4.39. The maximum absolute atomic E-state index is 11.6. The van der Waals surface area contributed by atoms with Crippen LogP contribution < -0.4 is 0 Å². The van der Waals surface area contributed by atoms with Crippen molar-refractivity contribution in [1.29, 1.82) is 0 Å². The molecule has 1 aromatic heterocycles. The van der Waals surface area contributed by atoms with Gasteiger partial charge >= 0.3 is 0 Å². The highest BCUT2D eigenvalue weighted by atomic mass is 32.2. The van der Waals surface area contributed by atoms with Crippen molar-refractivity contribution in [2.24, 2.45) is 4.99 Å². The fraction of sp³-hybridized carbons (Fsp3) is 0.316. The van der Waals surface area contributed by atoms with Gasteiger partial charge in [-0.25, -0.2) is 0 Å². The molecule has 0 unspecified atom stereocenters. The van der Waals surface area contributed by atoms with E-state index in [0.717, 1.165) is 45.3 Å². The molecule has 5 nitrogen and oxygen atoms in total. The standard InChI is InChI=1S/C19H20N2O3S/c1-5-21-15-8-6-12(25(22,23)24)10-13(15)17-16(21)9-7-14-18(17)19(3,4)11(2)20-14/h6-10H,5H2,1-4H3,(H,22,23,24). The van der Waals surface area contributed by atoms with Crippen LogP contribution in [0.5, 0.6) is 0 Å². The predicted molar refractivity (Wildman–Crippen MR) is 101 cm³/mol. The molecule has 130 valence electrons. The van der Waals surface area contributed by atoms with Gasteiger partial charge in [0.1, 0.15) is 0 Å². The van der Waals surface area contributed by atoms with E-state index in [1.807, 2.05) is 19.1 Å². The lowest BCUT2D eigenvalue weighted by Gasteiger charge is -2.21. The van der Waals surface area contributed by atoms with Gasteiger partial charge in [0.15, 0.2) is 0 Å². The van der Waals surface area contributed by atoms with Crippen molar-refractivity contribution in [2.45, 2.75) is 44.6 Å². The van der Waals surface area contributed by atoms with E-state index in [9.17, 15) is 13.0 Å². The molecule has 0 aliphatic carbocycles. The number of hydrogen-bond acceptors (Lipinski definition) is 3. The van der Waals surface area contributed by atoms with Gasteiger partial charge in [-0.15, -0.1) is 0 Å². The number of nitrogens with zero attached hydrogens (tertiary/aromatic N) is 2. The topological polar surface area (TPSA) is 71.7 Å². The number of aryl methyl sites for hydroxylation is 1. The maximum atomic E-state index is 11.6. The van der Waals surface area contributed by atoms with Crippen LogP contribution in [-0.2, 0) is 22.1 Å². The quantitative estimate of drug-likeness (QED) is 0.690. The minimum absolute atomic E-state index is 0.0822. The smallest absolute Gasteiger partial charge is 0.294 e. The van der Waals surface area contributed by atoms with Crippen molar-refractivity contribution >= 4 is 43.3 Å². The molecule has 25 heavy (non-hydrogen) atoms. The first-order chi connectivity index (χ1) is 11.7. The van der Waals surface area contributed by atoms with Crippen molar-refractivity contribution in [3.05, 3.63) is 35.9 Å². The summed E-state index contributed by atoms with van der Waals surface area (Å²) in [6.45, 7) is 9.13. The van der Waals surface area contributed by atoms with Crippen molar-refractivity contribution < 1.29 is 13.0 Å². The molecule has 0 spiro atoms. The number of rotatable bonds is 2. The Kier molecular flexibility index (Phi) is 3.21. The SMILES string of the molecule is CCn1c2ccc(S(=O)(=O)O)cc2c2c3c(ccc21)N=C(C)C3(C)C. The Morgan fingerprint density at radius 3 is 2.48 bits per heavy atom. The summed E-state index contributed by atoms with van der Waals surface area (Å²) in [4.78, 5) is 4.63. The van der Waals surface area contributed by atoms with Crippen molar-refractivity contribution in [3.8, 4) is 0 Å². The highest BCUT2D eigenvalue weighted by Crippen LogP contribution is 2.47. The van der Waals surface area contributed by atoms with E-state index in [0.29, 0.717) is 0 Å². The molecule has 1 N–H and O–H groups in total. The summed E-state index contributed by atoms with van der Waals surface area (Å²) in [5, 5.41) is 1.85. The highest BCUT2D eigenvalue weighted by Gasteiger charge is 2.35. The number of benzene rings is 2. The molecule has 1 aliphatic rings. The summed E-state index contributed by atoms with van der Waals surface area (Å²) in [6.07, 6.45) is 0. The first-order valence-corrected chi connectivity index (χ1v) is 9.73. The Morgan fingerprint density at radius 2 is 1.84 bits per heavy atom. The van der Waals surface area contributed by atoms with Crippen LogP contribution in [0.2, 0.25) is 0 Å². The van der Waals surface area contributed by atoms with Crippen LogP contribution in [0.3, 0.4) is 0 Å². The molecule has 0 radical (unpaired) electrons. The molecule has 0 saturated carbocycles. The van der Waals surface area contributed by atoms with Gasteiger partial charge in [-0.2, -0.15) is 8.42 Å². The molecule has 0 saturated heterocycles. The lowest BCUT2D eigenvalue weighted by atomic mass is 9.80. The zero-order valence-electron chi connectivity index (χ0n) is 14.7. The van der Waals surface area contributed by atoms with Crippen LogP contribution in [-0.4, -0.2) is 23.2 Å². The number of aliphatic imine (C=N–C) groups is 1. The first-order valence-electron chi connectivity index (χ1n) is 8.29. The molecular formula is C19H20N2O3S. The molecular weight excluding hydrogens is 336 g/mol. The molecule has 3 aromatic rings. The Balaban J connectivity index is 2.24. The zero-order valence-corrected chi connectivity index (χ0v) is 15.5. The summed E-state index contributed by atoms with van der Waals surface area (Å²) < 4.78 is 34.9. The van der Waals surface area contributed by atoms with Crippen molar-refractivity contribution in [3.63, 3.8) is 0 Å². The molecule has 0 bridgehead atoms. The van der Waals surface area contributed by atoms with E-state index < -0.39 is 10.1 Å².